The van der Waals surface area contributed by atoms with Crippen molar-refractivity contribution < 1.29 is 5.11 Å². The highest BCUT2D eigenvalue weighted by atomic mass is 35.5. The lowest BCUT2D eigenvalue weighted by molar-refractivity contribution is 0.221. The SMILES string of the molecule is Nc1ncccc1C(O)c1cccc(Cl)c1Cl. The minimum absolute atomic E-state index is 0.274. The van der Waals surface area contributed by atoms with Crippen molar-refractivity contribution in [3.8, 4) is 0 Å². The molecule has 88 valence electrons. The number of hydrogen-bond donors (Lipinski definition) is 2. The number of nitrogens with two attached hydrogens (primary N) is 1. The molecule has 0 aliphatic carbocycles. The van der Waals surface area contributed by atoms with Crippen LogP contribution in [0.25, 0.3) is 0 Å². The summed E-state index contributed by atoms with van der Waals surface area (Å²) in [7, 11) is 0. The average molecular weight is 269 g/mol. The van der Waals surface area contributed by atoms with Crippen molar-refractivity contribution in [1.82, 2.24) is 4.98 Å². The van der Waals surface area contributed by atoms with Crippen molar-refractivity contribution in [2.45, 2.75) is 6.10 Å². The zero-order valence-electron chi connectivity index (χ0n) is 8.77. The van der Waals surface area contributed by atoms with E-state index in [2.05, 4.69) is 4.98 Å². The molecule has 0 spiro atoms. The van der Waals surface area contributed by atoms with Crippen LogP contribution in [-0.2, 0) is 0 Å². The number of halogens is 2. The number of benzene rings is 1. The van der Waals surface area contributed by atoms with Crippen LogP contribution in [-0.4, -0.2) is 10.1 Å². The van der Waals surface area contributed by atoms with Crippen molar-refractivity contribution in [3.05, 3.63) is 57.7 Å². The topological polar surface area (TPSA) is 59.1 Å². The average Bonchev–Trinajstić information content (AvgIpc) is 2.32. The molecule has 17 heavy (non-hydrogen) atoms. The maximum absolute atomic E-state index is 10.2. The molecule has 0 saturated carbocycles. The molecular formula is C12H10Cl2N2O. The molecule has 0 fully saturated rings. The molecule has 0 aliphatic rings. The maximum Gasteiger partial charge on any atom is 0.129 e. The molecule has 0 radical (unpaired) electrons. The van der Waals surface area contributed by atoms with E-state index < -0.39 is 6.10 Å². The third-order valence-corrected chi connectivity index (χ3v) is 3.28. The van der Waals surface area contributed by atoms with Gasteiger partial charge in [0.2, 0.25) is 0 Å². The summed E-state index contributed by atoms with van der Waals surface area (Å²) in [5.74, 6) is 0.274. The Labute approximate surface area is 109 Å². The van der Waals surface area contributed by atoms with Crippen molar-refractivity contribution >= 4 is 29.0 Å². The summed E-state index contributed by atoms with van der Waals surface area (Å²) in [5.41, 5.74) is 6.72. The number of anilines is 1. The standard InChI is InChI=1S/C12H10Cl2N2O/c13-9-5-1-3-7(10(9)14)11(17)8-4-2-6-16-12(8)15/h1-6,11,17H,(H2,15,16). The maximum atomic E-state index is 10.2. The number of pyridine rings is 1. The second kappa shape index (κ2) is 4.92. The molecule has 1 heterocycles. The first-order valence-corrected chi connectivity index (χ1v) is 5.69. The minimum atomic E-state index is -0.935. The van der Waals surface area contributed by atoms with Crippen LogP contribution < -0.4 is 5.73 Å². The van der Waals surface area contributed by atoms with E-state index in [0.717, 1.165) is 0 Å². The summed E-state index contributed by atoms with van der Waals surface area (Å²) in [5, 5.41) is 10.9. The monoisotopic (exact) mass is 268 g/mol. The Morgan fingerprint density at radius 2 is 1.82 bits per heavy atom. The molecule has 0 amide bonds. The van der Waals surface area contributed by atoms with Crippen molar-refractivity contribution in [2.24, 2.45) is 0 Å². The van der Waals surface area contributed by atoms with Gasteiger partial charge in [0.05, 0.1) is 10.0 Å². The third kappa shape index (κ3) is 2.36. The summed E-state index contributed by atoms with van der Waals surface area (Å²) < 4.78 is 0. The number of rotatable bonds is 2. The van der Waals surface area contributed by atoms with Crippen LogP contribution in [0, 0.1) is 0 Å². The van der Waals surface area contributed by atoms with Crippen LogP contribution in [0.15, 0.2) is 36.5 Å². The Hall–Kier alpha value is -1.29. The van der Waals surface area contributed by atoms with Gasteiger partial charge in [-0.05, 0) is 12.1 Å². The zero-order chi connectivity index (χ0) is 12.4. The lowest BCUT2D eigenvalue weighted by atomic mass is 10.0. The molecule has 2 rings (SSSR count). The van der Waals surface area contributed by atoms with Crippen LogP contribution in [0.5, 0.6) is 0 Å². The largest absolute Gasteiger partial charge is 0.383 e. The third-order valence-electron chi connectivity index (χ3n) is 2.44. The summed E-state index contributed by atoms with van der Waals surface area (Å²) in [6.45, 7) is 0. The van der Waals surface area contributed by atoms with Gasteiger partial charge in [-0.15, -0.1) is 0 Å². The van der Waals surface area contributed by atoms with E-state index in [-0.39, 0.29) is 5.82 Å². The first kappa shape index (κ1) is 12.2. The van der Waals surface area contributed by atoms with Gasteiger partial charge < -0.3 is 10.8 Å². The second-order valence-corrected chi connectivity index (χ2v) is 4.31. The van der Waals surface area contributed by atoms with Crippen LogP contribution in [0.3, 0.4) is 0 Å². The molecule has 2 aromatic rings. The highest BCUT2D eigenvalue weighted by Crippen LogP contribution is 2.34. The Bertz CT molecular complexity index is 546. The Balaban J connectivity index is 2.48. The molecular weight excluding hydrogens is 259 g/mol. The predicted octanol–water partition coefficient (Wildman–Crippen LogP) is 3.05. The predicted molar refractivity (Wildman–Crippen MR) is 69.2 cm³/mol. The van der Waals surface area contributed by atoms with E-state index in [9.17, 15) is 5.11 Å². The van der Waals surface area contributed by atoms with Gasteiger partial charge in [0, 0.05) is 17.3 Å². The smallest absolute Gasteiger partial charge is 0.129 e. The number of hydrogen-bond acceptors (Lipinski definition) is 3. The highest BCUT2D eigenvalue weighted by molar-refractivity contribution is 6.42. The molecule has 3 nitrogen and oxygen atoms in total. The van der Waals surface area contributed by atoms with Crippen molar-refractivity contribution in [1.29, 1.82) is 0 Å². The Morgan fingerprint density at radius 3 is 2.53 bits per heavy atom. The molecule has 1 unspecified atom stereocenters. The van der Waals surface area contributed by atoms with Crippen molar-refractivity contribution in [3.63, 3.8) is 0 Å². The fraction of sp³-hybridized carbons (Fsp3) is 0.0833. The summed E-state index contributed by atoms with van der Waals surface area (Å²) in [4.78, 5) is 3.92. The molecule has 0 bridgehead atoms. The first-order valence-electron chi connectivity index (χ1n) is 4.93. The van der Waals surface area contributed by atoms with Crippen LogP contribution >= 0.6 is 23.2 Å². The van der Waals surface area contributed by atoms with Gasteiger partial charge in [0.15, 0.2) is 0 Å². The molecule has 1 aromatic heterocycles. The number of nitrogens with zero attached hydrogens (tertiary/aromatic N) is 1. The van der Waals surface area contributed by atoms with Crippen LogP contribution in [0.2, 0.25) is 10.0 Å². The lowest BCUT2D eigenvalue weighted by Gasteiger charge is -2.14. The van der Waals surface area contributed by atoms with E-state index in [1.54, 1.807) is 36.5 Å². The first-order chi connectivity index (χ1) is 8.11. The summed E-state index contributed by atoms with van der Waals surface area (Å²) >= 11 is 11.9. The van der Waals surface area contributed by atoms with Crippen LogP contribution in [0.4, 0.5) is 5.82 Å². The van der Waals surface area contributed by atoms with Crippen LogP contribution in [0.1, 0.15) is 17.2 Å². The summed E-state index contributed by atoms with van der Waals surface area (Å²) in [6.07, 6.45) is 0.625. The van der Waals surface area contributed by atoms with Gasteiger partial charge in [0.1, 0.15) is 11.9 Å². The van der Waals surface area contributed by atoms with Gasteiger partial charge in [-0.3, -0.25) is 0 Å². The minimum Gasteiger partial charge on any atom is -0.383 e. The second-order valence-electron chi connectivity index (χ2n) is 3.52. The molecule has 0 aliphatic heterocycles. The van der Waals surface area contributed by atoms with Crippen molar-refractivity contribution in [2.75, 3.05) is 5.73 Å². The van der Waals surface area contributed by atoms with Gasteiger partial charge in [-0.2, -0.15) is 0 Å². The van der Waals surface area contributed by atoms with Gasteiger partial charge in [-0.25, -0.2) is 4.98 Å². The molecule has 5 heteroatoms. The van der Waals surface area contributed by atoms with Gasteiger partial charge in [0.25, 0.3) is 0 Å². The lowest BCUT2D eigenvalue weighted by Crippen LogP contribution is -2.05. The fourth-order valence-electron chi connectivity index (χ4n) is 1.56. The number of nitrogen functional groups attached to an aromatic ring is 1. The fourth-order valence-corrected chi connectivity index (χ4v) is 1.97. The molecule has 3 N–H and O–H groups in total. The van der Waals surface area contributed by atoms with E-state index in [1.807, 2.05) is 0 Å². The Kier molecular flexibility index (Phi) is 3.52. The number of aliphatic hydroxyl groups excluding tert-OH is 1. The van der Waals surface area contributed by atoms with E-state index in [1.165, 1.54) is 0 Å². The molecule has 1 aromatic carbocycles. The molecule has 0 saturated heterocycles. The quantitative estimate of drug-likeness (QED) is 0.880. The van der Waals surface area contributed by atoms with Gasteiger partial charge in [-0.1, -0.05) is 41.4 Å². The summed E-state index contributed by atoms with van der Waals surface area (Å²) in [6, 6.07) is 8.48. The molecule has 1 atom stereocenters. The zero-order valence-corrected chi connectivity index (χ0v) is 10.3. The number of aliphatic hydroxyl groups is 1. The van der Waals surface area contributed by atoms with E-state index in [0.29, 0.717) is 21.2 Å². The highest BCUT2D eigenvalue weighted by Gasteiger charge is 2.17. The Morgan fingerprint density at radius 1 is 1.12 bits per heavy atom. The number of aromatic nitrogens is 1. The van der Waals surface area contributed by atoms with E-state index >= 15 is 0 Å². The van der Waals surface area contributed by atoms with Gasteiger partial charge >= 0.3 is 0 Å². The normalized spacial score (nSPS) is 12.4. The van der Waals surface area contributed by atoms with E-state index in [4.69, 9.17) is 28.9 Å².